The highest BCUT2D eigenvalue weighted by Crippen LogP contribution is 2.38. The predicted molar refractivity (Wildman–Crippen MR) is 89.6 cm³/mol. The number of amides is 3. The van der Waals surface area contributed by atoms with E-state index < -0.39 is 5.54 Å². The van der Waals surface area contributed by atoms with E-state index in [2.05, 4.69) is 10.3 Å². The summed E-state index contributed by atoms with van der Waals surface area (Å²) in [6.07, 6.45) is 7.32. The second-order valence-corrected chi connectivity index (χ2v) is 7.22. The minimum absolute atomic E-state index is 0.116. The second-order valence-electron chi connectivity index (χ2n) is 6.78. The fourth-order valence-corrected chi connectivity index (χ4v) is 4.06. The molecule has 126 valence electrons. The summed E-state index contributed by atoms with van der Waals surface area (Å²) in [5.74, 6) is 0.0439. The minimum Gasteiger partial charge on any atom is -0.323 e. The normalized spacial score (nSPS) is 27.2. The average molecular weight is 347 g/mol. The Morgan fingerprint density at radius 3 is 2.96 bits per heavy atom. The highest BCUT2D eigenvalue weighted by Gasteiger charge is 2.54. The van der Waals surface area contributed by atoms with Gasteiger partial charge >= 0.3 is 6.03 Å². The molecule has 2 aromatic rings. The van der Waals surface area contributed by atoms with Crippen LogP contribution in [0.1, 0.15) is 38.3 Å². The highest BCUT2D eigenvalue weighted by molar-refractivity contribution is 6.30. The van der Waals surface area contributed by atoms with Gasteiger partial charge in [0.1, 0.15) is 11.2 Å². The maximum atomic E-state index is 13.0. The SMILES string of the molecule is CC1CCCCC12NC(=O)N(Cc1cn3cc(Cl)ccc3n1)C2=O. The van der Waals surface area contributed by atoms with Crippen molar-refractivity contribution in [3.05, 3.63) is 35.2 Å². The van der Waals surface area contributed by atoms with Gasteiger partial charge in [0.2, 0.25) is 0 Å². The van der Waals surface area contributed by atoms with E-state index in [0.29, 0.717) is 10.7 Å². The van der Waals surface area contributed by atoms with Crippen LogP contribution in [0.15, 0.2) is 24.5 Å². The zero-order chi connectivity index (χ0) is 16.9. The molecule has 2 aromatic heterocycles. The van der Waals surface area contributed by atoms with Crippen molar-refractivity contribution in [2.45, 2.75) is 44.7 Å². The van der Waals surface area contributed by atoms with Crippen LogP contribution in [0.3, 0.4) is 0 Å². The van der Waals surface area contributed by atoms with Crippen LogP contribution in [-0.2, 0) is 11.3 Å². The largest absolute Gasteiger partial charge is 0.325 e. The van der Waals surface area contributed by atoms with Crippen LogP contribution in [0.2, 0.25) is 5.02 Å². The van der Waals surface area contributed by atoms with Crippen LogP contribution in [0.4, 0.5) is 4.79 Å². The van der Waals surface area contributed by atoms with E-state index >= 15 is 0 Å². The van der Waals surface area contributed by atoms with Gasteiger partial charge in [-0.3, -0.25) is 9.69 Å². The molecule has 4 rings (SSSR count). The third-order valence-electron chi connectivity index (χ3n) is 5.29. The van der Waals surface area contributed by atoms with E-state index in [1.807, 2.05) is 13.0 Å². The van der Waals surface area contributed by atoms with E-state index in [1.54, 1.807) is 22.9 Å². The van der Waals surface area contributed by atoms with Crippen molar-refractivity contribution < 1.29 is 9.59 Å². The lowest BCUT2D eigenvalue weighted by molar-refractivity contribution is -0.134. The van der Waals surface area contributed by atoms with Crippen LogP contribution in [-0.4, -0.2) is 31.8 Å². The van der Waals surface area contributed by atoms with Crippen molar-refractivity contribution in [2.24, 2.45) is 5.92 Å². The van der Waals surface area contributed by atoms with E-state index in [1.165, 1.54) is 4.90 Å². The molecule has 2 aliphatic rings. The summed E-state index contributed by atoms with van der Waals surface area (Å²) in [6.45, 7) is 2.23. The maximum Gasteiger partial charge on any atom is 0.325 e. The molecule has 0 radical (unpaired) electrons. The van der Waals surface area contributed by atoms with Crippen LogP contribution < -0.4 is 5.32 Å². The van der Waals surface area contributed by atoms with Gasteiger partial charge in [-0.1, -0.05) is 31.4 Å². The van der Waals surface area contributed by atoms with Crippen molar-refractivity contribution in [3.63, 3.8) is 0 Å². The Balaban J connectivity index is 1.61. The average Bonchev–Trinajstić information content (AvgIpc) is 3.04. The number of pyridine rings is 1. The van der Waals surface area contributed by atoms with Crippen molar-refractivity contribution in [2.75, 3.05) is 0 Å². The standard InChI is InChI=1S/C17H19ClN4O2/c1-11-4-2-3-7-17(11)15(23)22(16(24)20-17)10-13-9-21-8-12(18)5-6-14(21)19-13/h5-6,8-9,11H,2-4,7,10H2,1H3,(H,20,24). The summed E-state index contributed by atoms with van der Waals surface area (Å²) in [5, 5.41) is 3.57. The number of hydrogen-bond acceptors (Lipinski definition) is 3. The first kappa shape index (κ1) is 15.4. The van der Waals surface area contributed by atoms with Crippen molar-refractivity contribution >= 4 is 29.2 Å². The Morgan fingerprint density at radius 2 is 2.17 bits per heavy atom. The van der Waals surface area contributed by atoms with Gasteiger partial charge in [-0.15, -0.1) is 0 Å². The Morgan fingerprint density at radius 1 is 1.33 bits per heavy atom. The molecule has 2 fully saturated rings. The van der Waals surface area contributed by atoms with Gasteiger partial charge in [-0.05, 0) is 30.9 Å². The Bertz CT molecular complexity index is 833. The topological polar surface area (TPSA) is 66.7 Å². The number of nitrogens with one attached hydrogen (secondary N) is 1. The number of halogens is 1. The summed E-state index contributed by atoms with van der Waals surface area (Å²) in [6, 6.07) is 3.26. The lowest BCUT2D eigenvalue weighted by Crippen LogP contribution is -2.53. The maximum absolute atomic E-state index is 13.0. The molecule has 1 N–H and O–H groups in total. The minimum atomic E-state index is -0.724. The molecule has 0 bridgehead atoms. The van der Waals surface area contributed by atoms with E-state index in [0.717, 1.165) is 31.3 Å². The van der Waals surface area contributed by atoms with Crippen LogP contribution in [0.5, 0.6) is 0 Å². The summed E-state index contributed by atoms with van der Waals surface area (Å²) in [7, 11) is 0. The zero-order valence-corrected chi connectivity index (χ0v) is 14.2. The first-order valence-corrected chi connectivity index (χ1v) is 8.65. The molecule has 2 atom stereocenters. The predicted octanol–water partition coefficient (Wildman–Crippen LogP) is 2.99. The van der Waals surface area contributed by atoms with E-state index in [9.17, 15) is 9.59 Å². The fourth-order valence-electron chi connectivity index (χ4n) is 3.89. The van der Waals surface area contributed by atoms with Gasteiger partial charge in [0.25, 0.3) is 5.91 Å². The monoisotopic (exact) mass is 346 g/mol. The summed E-state index contributed by atoms with van der Waals surface area (Å²) in [4.78, 5) is 31.1. The van der Waals surface area contributed by atoms with Crippen LogP contribution >= 0.6 is 11.6 Å². The van der Waals surface area contributed by atoms with Crippen LogP contribution in [0, 0.1) is 5.92 Å². The quantitative estimate of drug-likeness (QED) is 0.850. The lowest BCUT2D eigenvalue weighted by atomic mass is 9.73. The number of nitrogens with zero attached hydrogens (tertiary/aromatic N) is 3. The molecular formula is C17H19ClN4O2. The summed E-state index contributed by atoms with van der Waals surface area (Å²) in [5.41, 5.74) is 0.682. The molecule has 3 amide bonds. The van der Waals surface area contributed by atoms with Crippen molar-refractivity contribution in [1.29, 1.82) is 0 Å². The number of carbonyl (C=O) groups is 2. The molecule has 2 unspecified atom stereocenters. The number of imide groups is 1. The molecule has 7 heteroatoms. The third-order valence-corrected chi connectivity index (χ3v) is 5.51. The molecule has 6 nitrogen and oxygen atoms in total. The van der Waals surface area contributed by atoms with Gasteiger partial charge in [0.15, 0.2) is 0 Å². The molecule has 1 aliphatic heterocycles. The molecule has 1 saturated heterocycles. The molecule has 1 spiro atoms. The smallest absolute Gasteiger partial charge is 0.323 e. The molecule has 24 heavy (non-hydrogen) atoms. The Labute approximate surface area is 144 Å². The summed E-state index contributed by atoms with van der Waals surface area (Å²) >= 11 is 5.98. The van der Waals surface area contributed by atoms with Crippen molar-refractivity contribution in [3.8, 4) is 0 Å². The van der Waals surface area contributed by atoms with Crippen LogP contribution in [0.25, 0.3) is 5.65 Å². The van der Waals surface area contributed by atoms with Gasteiger partial charge in [-0.2, -0.15) is 0 Å². The third kappa shape index (κ3) is 2.28. The number of aromatic nitrogens is 2. The fraction of sp³-hybridized carbons (Fsp3) is 0.471. The number of fused-ring (bicyclic) bond motifs is 1. The second kappa shape index (κ2) is 5.48. The van der Waals surface area contributed by atoms with E-state index in [-0.39, 0.29) is 24.4 Å². The van der Waals surface area contributed by atoms with Gasteiger partial charge in [-0.25, -0.2) is 9.78 Å². The molecular weight excluding hydrogens is 328 g/mol. The lowest BCUT2D eigenvalue weighted by Gasteiger charge is -2.36. The summed E-state index contributed by atoms with van der Waals surface area (Å²) < 4.78 is 1.80. The zero-order valence-electron chi connectivity index (χ0n) is 13.5. The number of carbonyl (C=O) groups excluding carboxylic acids is 2. The molecule has 0 aromatic carbocycles. The van der Waals surface area contributed by atoms with Crippen molar-refractivity contribution in [1.82, 2.24) is 19.6 Å². The Kier molecular flexibility index (Phi) is 3.53. The highest BCUT2D eigenvalue weighted by atomic mass is 35.5. The number of hydrogen-bond donors (Lipinski definition) is 1. The number of imidazole rings is 1. The molecule has 1 saturated carbocycles. The number of urea groups is 1. The van der Waals surface area contributed by atoms with Gasteiger partial charge < -0.3 is 9.72 Å². The molecule has 3 heterocycles. The Hall–Kier alpha value is -2.08. The molecule has 1 aliphatic carbocycles. The van der Waals surface area contributed by atoms with Gasteiger partial charge in [0.05, 0.1) is 17.3 Å². The number of rotatable bonds is 2. The van der Waals surface area contributed by atoms with E-state index in [4.69, 9.17) is 11.6 Å². The first-order chi connectivity index (χ1) is 11.5. The first-order valence-electron chi connectivity index (χ1n) is 8.27. The van der Waals surface area contributed by atoms with Gasteiger partial charge in [0, 0.05) is 12.4 Å².